The molecule has 0 aliphatic rings. The number of hydrogen-bond acceptors (Lipinski definition) is 6. The van der Waals surface area contributed by atoms with E-state index < -0.39 is 11.7 Å². The molecule has 30 heavy (non-hydrogen) atoms. The quantitative estimate of drug-likeness (QED) is 0.520. The number of fused-ring (bicyclic) bond motifs is 1. The van der Waals surface area contributed by atoms with Gasteiger partial charge in [-0.05, 0) is 62.6 Å². The van der Waals surface area contributed by atoms with E-state index in [0.717, 1.165) is 10.1 Å². The Morgan fingerprint density at radius 1 is 1.03 bits per heavy atom. The Bertz CT molecular complexity index is 1060. The van der Waals surface area contributed by atoms with E-state index in [0.29, 0.717) is 22.0 Å². The van der Waals surface area contributed by atoms with Crippen molar-refractivity contribution in [1.29, 1.82) is 0 Å². The van der Waals surface area contributed by atoms with Crippen LogP contribution in [0, 0.1) is 0 Å². The highest BCUT2D eigenvalue weighted by molar-refractivity contribution is 7.20. The number of hydrogen-bond donors (Lipinski definition) is 3. The Kier molecular flexibility index (Phi) is 6.59. The van der Waals surface area contributed by atoms with Gasteiger partial charge in [-0.25, -0.2) is 4.79 Å². The molecule has 0 fully saturated rings. The third-order valence-electron chi connectivity index (χ3n) is 3.88. The van der Waals surface area contributed by atoms with Gasteiger partial charge in [-0.15, -0.1) is 11.3 Å². The van der Waals surface area contributed by atoms with Crippen molar-refractivity contribution in [2.24, 2.45) is 0 Å². The van der Waals surface area contributed by atoms with Crippen LogP contribution in [0.5, 0.6) is 5.75 Å². The average Bonchev–Trinajstić information content (AvgIpc) is 3.10. The molecule has 8 heteroatoms. The number of aliphatic hydroxyl groups excluding tert-OH is 1. The SMILES string of the molecule is CC(C)(C)OC(=O)Nc1ccccc1NC(=O)c1cc2cc(OCCO)ccc2s1. The molecule has 0 aliphatic heterocycles. The second-order valence-corrected chi connectivity index (χ2v) is 8.59. The summed E-state index contributed by atoms with van der Waals surface area (Å²) in [6.45, 7) is 5.49. The first-order valence-corrected chi connectivity index (χ1v) is 10.2. The van der Waals surface area contributed by atoms with Crippen molar-refractivity contribution in [3.63, 3.8) is 0 Å². The van der Waals surface area contributed by atoms with Gasteiger partial charge in [0.05, 0.1) is 22.9 Å². The second kappa shape index (κ2) is 9.15. The van der Waals surface area contributed by atoms with Crippen LogP contribution >= 0.6 is 11.3 Å². The van der Waals surface area contributed by atoms with Crippen LogP contribution in [0.15, 0.2) is 48.5 Å². The van der Waals surface area contributed by atoms with Gasteiger partial charge in [0.25, 0.3) is 5.91 Å². The van der Waals surface area contributed by atoms with Gasteiger partial charge in [0, 0.05) is 4.70 Å². The number of anilines is 2. The van der Waals surface area contributed by atoms with E-state index in [1.54, 1.807) is 57.2 Å². The molecule has 3 aromatic rings. The fraction of sp³-hybridized carbons (Fsp3) is 0.273. The molecule has 0 bridgehead atoms. The predicted molar refractivity (Wildman–Crippen MR) is 119 cm³/mol. The van der Waals surface area contributed by atoms with Gasteiger partial charge < -0.3 is 19.9 Å². The Hall–Kier alpha value is -3.10. The van der Waals surface area contributed by atoms with E-state index >= 15 is 0 Å². The summed E-state index contributed by atoms with van der Waals surface area (Å²) in [5, 5.41) is 15.3. The summed E-state index contributed by atoms with van der Waals surface area (Å²) in [6.07, 6.45) is -0.596. The van der Waals surface area contributed by atoms with Gasteiger partial charge in [-0.2, -0.15) is 0 Å². The topological polar surface area (TPSA) is 96.9 Å². The Balaban J connectivity index is 1.75. The molecule has 2 aromatic carbocycles. The van der Waals surface area contributed by atoms with Gasteiger partial charge in [-0.1, -0.05) is 12.1 Å². The standard InChI is InChI=1S/C22H24N2O5S/c1-22(2,3)29-21(27)24-17-7-5-4-6-16(17)23-20(26)19-13-14-12-15(28-11-10-25)8-9-18(14)30-19/h4-9,12-13,25H,10-11H2,1-3H3,(H,23,26)(H,24,27). The highest BCUT2D eigenvalue weighted by Crippen LogP contribution is 2.30. The fourth-order valence-electron chi connectivity index (χ4n) is 2.69. The summed E-state index contributed by atoms with van der Waals surface area (Å²) < 4.78 is 11.6. The minimum absolute atomic E-state index is 0.0634. The van der Waals surface area contributed by atoms with Crippen LogP contribution in [0.2, 0.25) is 0 Å². The molecular formula is C22H24N2O5S. The lowest BCUT2D eigenvalue weighted by Crippen LogP contribution is -2.27. The smallest absolute Gasteiger partial charge is 0.412 e. The van der Waals surface area contributed by atoms with E-state index in [4.69, 9.17) is 14.6 Å². The van der Waals surface area contributed by atoms with Gasteiger partial charge >= 0.3 is 6.09 Å². The molecule has 0 atom stereocenters. The van der Waals surface area contributed by atoms with E-state index in [2.05, 4.69) is 10.6 Å². The first-order chi connectivity index (χ1) is 14.2. The maximum absolute atomic E-state index is 12.8. The monoisotopic (exact) mass is 428 g/mol. The zero-order valence-electron chi connectivity index (χ0n) is 17.0. The number of nitrogens with one attached hydrogen (secondary N) is 2. The lowest BCUT2D eigenvalue weighted by molar-refractivity contribution is 0.0635. The number of amides is 2. The van der Waals surface area contributed by atoms with Crippen LogP contribution in [0.25, 0.3) is 10.1 Å². The van der Waals surface area contributed by atoms with Crippen molar-refractivity contribution in [3.05, 3.63) is 53.4 Å². The van der Waals surface area contributed by atoms with Crippen molar-refractivity contribution in [2.45, 2.75) is 26.4 Å². The van der Waals surface area contributed by atoms with Crippen molar-refractivity contribution in [2.75, 3.05) is 23.8 Å². The Morgan fingerprint density at radius 3 is 2.40 bits per heavy atom. The molecule has 3 rings (SSSR count). The predicted octanol–water partition coefficient (Wildman–Crippen LogP) is 4.87. The maximum atomic E-state index is 12.8. The summed E-state index contributed by atoms with van der Waals surface area (Å²) in [7, 11) is 0. The number of carbonyl (C=O) groups is 2. The number of thiophene rings is 1. The molecule has 1 aromatic heterocycles. The van der Waals surface area contributed by atoms with Crippen molar-refractivity contribution in [1.82, 2.24) is 0 Å². The van der Waals surface area contributed by atoms with Crippen LogP contribution in [-0.2, 0) is 4.74 Å². The number of carbonyl (C=O) groups excluding carboxylic acids is 2. The van der Waals surface area contributed by atoms with Crippen molar-refractivity contribution in [3.8, 4) is 5.75 Å². The van der Waals surface area contributed by atoms with E-state index in [9.17, 15) is 9.59 Å². The number of ether oxygens (including phenoxy) is 2. The molecule has 158 valence electrons. The normalized spacial score (nSPS) is 11.2. The van der Waals surface area contributed by atoms with Gasteiger partial charge in [0.2, 0.25) is 0 Å². The van der Waals surface area contributed by atoms with Crippen LogP contribution in [0.4, 0.5) is 16.2 Å². The zero-order chi connectivity index (χ0) is 21.7. The number of aliphatic hydroxyl groups is 1. The third-order valence-corrected chi connectivity index (χ3v) is 5.00. The summed E-state index contributed by atoms with van der Waals surface area (Å²) in [6, 6.07) is 14.2. The highest BCUT2D eigenvalue weighted by atomic mass is 32.1. The van der Waals surface area contributed by atoms with E-state index in [-0.39, 0.29) is 19.1 Å². The van der Waals surface area contributed by atoms with Crippen LogP contribution < -0.4 is 15.4 Å². The van der Waals surface area contributed by atoms with Gasteiger partial charge in [0.15, 0.2) is 0 Å². The molecule has 0 aliphatic carbocycles. The average molecular weight is 429 g/mol. The second-order valence-electron chi connectivity index (χ2n) is 7.51. The van der Waals surface area contributed by atoms with E-state index in [1.807, 2.05) is 12.1 Å². The van der Waals surface area contributed by atoms with E-state index in [1.165, 1.54) is 11.3 Å². The lowest BCUT2D eigenvalue weighted by atomic mass is 10.2. The molecule has 7 nitrogen and oxygen atoms in total. The van der Waals surface area contributed by atoms with Crippen LogP contribution in [0.3, 0.4) is 0 Å². The minimum atomic E-state index is -0.626. The molecule has 1 heterocycles. The maximum Gasteiger partial charge on any atom is 0.412 e. The highest BCUT2D eigenvalue weighted by Gasteiger charge is 2.18. The van der Waals surface area contributed by atoms with Crippen LogP contribution in [-0.4, -0.2) is 35.9 Å². The van der Waals surface area contributed by atoms with Crippen molar-refractivity contribution >= 4 is 44.8 Å². The first kappa shape index (κ1) is 21.6. The summed E-state index contributed by atoms with van der Waals surface area (Å²) >= 11 is 1.36. The number of rotatable bonds is 6. The molecule has 0 spiro atoms. The van der Waals surface area contributed by atoms with Crippen LogP contribution in [0.1, 0.15) is 30.4 Å². The summed E-state index contributed by atoms with van der Waals surface area (Å²) in [5.41, 5.74) is 0.290. The first-order valence-electron chi connectivity index (χ1n) is 9.43. The van der Waals surface area contributed by atoms with Crippen molar-refractivity contribution < 1.29 is 24.2 Å². The molecule has 3 N–H and O–H groups in total. The summed E-state index contributed by atoms with van der Waals surface area (Å²) in [4.78, 5) is 25.4. The Morgan fingerprint density at radius 2 is 1.73 bits per heavy atom. The van der Waals surface area contributed by atoms with Gasteiger partial charge in [0.1, 0.15) is 18.0 Å². The number of para-hydroxylation sites is 2. The lowest BCUT2D eigenvalue weighted by Gasteiger charge is -2.20. The molecule has 0 saturated heterocycles. The third kappa shape index (κ3) is 5.71. The number of benzene rings is 2. The summed E-state index contributed by atoms with van der Waals surface area (Å²) in [5.74, 6) is 0.348. The molecule has 0 radical (unpaired) electrons. The van der Waals surface area contributed by atoms with Gasteiger partial charge in [-0.3, -0.25) is 10.1 Å². The fourth-order valence-corrected chi connectivity index (χ4v) is 3.62. The molecule has 2 amide bonds. The largest absolute Gasteiger partial charge is 0.491 e. The molecular weight excluding hydrogens is 404 g/mol. The zero-order valence-corrected chi connectivity index (χ0v) is 17.8. The molecule has 0 unspecified atom stereocenters. The molecule has 0 saturated carbocycles. The minimum Gasteiger partial charge on any atom is -0.491 e. The Labute approximate surface area is 178 Å².